The summed E-state index contributed by atoms with van der Waals surface area (Å²) in [6.45, 7) is 11.1. The summed E-state index contributed by atoms with van der Waals surface area (Å²) in [6, 6.07) is 5.92. The van der Waals surface area contributed by atoms with Gasteiger partial charge in [0.05, 0.1) is 0 Å². The lowest BCUT2D eigenvalue weighted by Gasteiger charge is -2.26. The molecule has 1 aromatic rings. The van der Waals surface area contributed by atoms with E-state index in [1.807, 2.05) is 32.0 Å². The van der Waals surface area contributed by atoms with E-state index in [0.29, 0.717) is 5.57 Å². The van der Waals surface area contributed by atoms with Crippen LogP contribution >= 0.6 is 0 Å². The van der Waals surface area contributed by atoms with Gasteiger partial charge in [-0.1, -0.05) is 31.7 Å². The van der Waals surface area contributed by atoms with Crippen LogP contribution in [0.15, 0.2) is 30.4 Å². The van der Waals surface area contributed by atoms with Gasteiger partial charge >= 0.3 is 0 Å². The van der Waals surface area contributed by atoms with Gasteiger partial charge in [-0.2, -0.15) is 0 Å². The molecule has 0 N–H and O–H groups in total. The highest BCUT2D eigenvalue weighted by Gasteiger charge is 2.30. The second-order valence-electron chi connectivity index (χ2n) is 4.25. The normalized spacial score (nSPS) is 14.7. The lowest BCUT2D eigenvalue weighted by molar-refractivity contribution is 0.242. The molecule has 0 saturated carbocycles. The van der Waals surface area contributed by atoms with Crippen LogP contribution in [-0.4, -0.2) is 0 Å². The maximum Gasteiger partial charge on any atom is 0.154 e. The van der Waals surface area contributed by atoms with Crippen LogP contribution < -0.4 is 0 Å². The third-order valence-corrected chi connectivity index (χ3v) is 3.01. The van der Waals surface area contributed by atoms with Crippen LogP contribution in [0.3, 0.4) is 0 Å². The Morgan fingerprint density at radius 1 is 1.47 bits per heavy atom. The first-order valence-corrected chi connectivity index (χ1v) is 5.35. The molecular formula is C14H19F. The Morgan fingerprint density at radius 2 is 2.07 bits per heavy atom. The van der Waals surface area contributed by atoms with E-state index in [-0.39, 0.29) is 0 Å². The molecule has 1 unspecified atom stereocenters. The number of alkyl halides is 1. The van der Waals surface area contributed by atoms with Gasteiger partial charge in [0, 0.05) is 0 Å². The Kier molecular flexibility index (Phi) is 3.33. The smallest absolute Gasteiger partial charge is 0.154 e. The van der Waals surface area contributed by atoms with Crippen LogP contribution in [0.4, 0.5) is 4.39 Å². The van der Waals surface area contributed by atoms with Gasteiger partial charge in [-0.25, -0.2) is 4.39 Å². The average Bonchev–Trinajstić information content (AvgIpc) is 2.16. The van der Waals surface area contributed by atoms with Gasteiger partial charge in [-0.3, -0.25) is 0 Å². The van der Waals surface area contributed by atoms with Crippen molar-refractivity contribution in [1.82, 2.24) is 0 Å². The van der Waals surface area contributed by atoms with Crippen LogP contribution in [-0.2, 0) is 12.1 Å². The molecule has 1 aromatic carbocycles. The zero-order chi connectivity index (χ0) is 11.6. The summed E-state index contributed by atoms with van der Waals surface area (Å²) in [5.74, 6) is 0. The summed E-state index contributed by atoms with van der Waals surface area (Å²) in [5, 5.41) is 0. The molecule has 0 radical (unpaired) electrons. The van der Waals surface area contributed by atoms with Gasteiger partial charge in [-0.15, -0.1) is 0 Å². The number of aryl methyl sites for hydroxylation is 2. The monoisotopic (exact) mass is 206 g/mol. The minimum atomic E-state index is -1.42. The van der Waals surface area contributed by atoms with Gasteiger partial charge in [0.25, 0.3) is 0 Å². The fourth-order valence-electron chi connectivity index (χ4n) is 1.91. The van der Waals surface area contributed by atoms with E-state index in [2.05, 4.69) is 6.58 Å². The Hall–Kier alpha value is -1.11. The number of hydrogen-bond donors (Lipinski definition) is 0. The molecular weight excluding hydrogens is 187 g/mol. The van der Waals surface area contributed by atoms with Crippen molar-refractivity contribution in [3.8, 4) is 0 Å². The van der Waals surface area contributed by atoms with Crippen LogP contribution in [0, 0.1) is 6.92 Å². The van der Waals surface area contributed by atoms with Crippen molar-refractivity contribution in [3.63, 3.8) is 0 Å². The summed E-state index contributed by atoms with van der Waals surface area (Å²) >= 11 is 0. The van der Waals surface area contributed by atoms with Crippen molar-refractivity contribution in [3.05, 3.63) is 47.0 Å². The van der Waals surface area contributed by atoms with E-state index >= 15 is 0 Å². The molecule has 0 saturated heterocycles. The molecule has 1 rings (SSSR count). The Labute approximate surface area is 91.8 Å². The summed E-state index contributed by atoms with van der Waals surface area (Å²) in [5.41, 5.74) is 2.01. The predicted octanol–water partition coefficient (Wildman–Crippen LogP) is 4.32. The first-order chi connectivity index (χ1) is 6.91. The number of hydrogen-bond acceptors (Lipinski definition) is 0. The van der Waals surface area contributed by atoms with E-state index in [9.17, 15) is 4.39 Å². The molecule has 0 spiro atoms. The van der Waals surface area contributed by atoms with Gasteiger partial charge in [0.2, 0.25) is 0 Å². The zero-order valence-corrected chi connectivity index (χ0v) is 10.0. The SMILES string of the molecule is C=C(C)C(C)(F)c1c(C)cccc1CC. The topological polar surface area (TPSA) is 0 Å². The molecule has 1 atom stereocenters. The van der Waals surface area contributed by atoms with Crippen molar-refractivity contribution < 1.29 is 4.39 Å². The van der Waals surface area contributed by atoms with Crippen molar-refractivity contribution in [2.75, 3.05) is 0 Å². The summed E-state index contributed by atoms with van der Waals surface area (Å²) in [7, 11) is 0. The van der Waals surface area contributed by atoms with E-state index < -0.39 is 5.67 Å². The lowest BCUT2D eigenvalue weighted by atomic mass is 9.84. The Balaban J connectivity index is 3.41. The number of benzene rings is 1. The Morgan fingerprint density at radius 3 is 2.53 bits per heavy atom. The minimum Gasteiger partial charge on any atom is -0.234 e. The maximum absolute atomic E-state index is 14.6. The predicted molar refractivity (Wildman–Crippen MR) is 63.8 cm³/mol. The second kappa shape index (κ2) is 4.18. The quantitative estimate of drug-likeness (QED) is 0.646. The molecule has 0 aliphatic rings. The van der Waals surface area contributed by atoms with Crippen LogP contribution in [0.2, 0.25) is 0 Å². The molecule has 0 heterocycles. The van der Waals surface area contributed by atoms with E-state index in [4.69, 9.17) is 0 Å². The van der Waals surface area contributed by atoms with Crippen molar-refractivity contribution in [1.29, 1.82) is 0 Å². The highest BCUT2D eigenvalue weighted by atomic mass is 19.1. The fourth-order valence-corrected chi connectivity index (χ4v) is 1.91. The van der Waals surface area contributed by atoms with E-state index in [1.165, 1.54) is 0 Å². The molecule has 0 nitrogen and oxygen atoms in total. The highest BCUT2D eigenvalue weighted by molar-refractivity contribution is 5.42. The Bertz CT molecular complexity index is 375. The average molecular weight is 206 g/mol. The van der Waals surface area contributed by atoms with E-state index in [0.717, 1.165) is 23.1 Å². The highest BCUT2D eigenvalue weighted by Crippen LogP contribution is 2.36. The van der Waals surface area contributed by atoms with Crippen molar-refractivity contribution >= 4 is 0 Å². The summed E-state index contributed by atoms with van der Waals surface area (Å²) in [6.07, 6.45) is 0.851. The minimum absolute atomic E-state index is 0.562. The standard InChI is InChI=1S/C14H19F/c1-6-12-9-7-8-11(4)13(12)14(5,15)10(2)3/h7-9H,2,6H2,1,3-5H3. The van der Waals surface area contributed by atoms with Crippen LogP contribution in [0.25, 0.3) is 0 Å². The fraction of sp³-hybridized carbons (Fsp3) is 0.429. The first-order valence-electron chi connectivity index (χ1n) is 5.35. The summed E-state index contributed by atoms with van der Waals surface area (Å²) in [4.78, 5) is 0. The van der Waals surface area contributed by atoms with Crippen LogP contribution in [0.5, 0.6) is 0 Å². The number of halogens is 1. The van der Waals surface area contributed by atoms with Gasteiger partial charge in [0.1, 0.15) is 0 Å². The molecule has 0 aliphatic heterocycles. The molecule has 15 heavy (non-hydrogen) atoms. The molecule has 0 aliphatic carbocycles. The largest absolute Gasteiger partial charge is 0.234 e. The maximum atomic E-state index is 14.6. The summed E-state index contributed by atoms with van der Waals surface area (Å²) < 4.78 is 14.6. The molecule has 0 aromatic heterocycles. The third-order valence-electron chi connectivity index (χ3n) is 3.01. The van der Waals surface area contributed by atoms with Gasteiger partial charge in [-0.05, 0) is 49.5 Å². The molecule has 82 valence electrons. The van der Waals surface area contributed by atoms with Crippen molar-refractivity contribution in [2.24, 2.45) is 0 Å². The second-order valence-corrected chi connectivity index (χ2v) is 4.25. The molecule has 0 bridgehead atoms. The van der Waals surface area contributed by atoms with Crippen LogP contribution in [0.1, 0.15) is 37.5 Å². The van der Waals surface area contributed by atoms with E-state index in [1.54, 1.807) is 13.8 Å². The van der Waals surface area contributed by atoms with Gasteiger partial charge in [0.15, 0.2) is 5.67 Å². The molecule has 0 amide bonds. The zero-order valence-electron chi connectivity index (χ0n) is 10.0. The van der Waals surface area contributed by atoms with Crippen molar-refractivity contribution in [2.45, 2.75) is 39.8 Å². The third kappa shape index (κ3) is 2.11. The number of allylic oxidation sites excluding steroid dienone is 1. The molecule has 0 fully saturated rings. The van der Waals surface area contributed by atoms with Gasteiger partial charge < -0.3 is 0 Å². The lowest BCUT2D eigenvalue weighted by Crippen LogP contribution is -2.20. The first kappa shape index (κ1) is 12.0. The molecule has 1 heteroatoms. The number of rotatable bonds is 3.